The topological polar surface area (TPSA) is 77.0 Å². The Kier molecular flexibility index (Phi) is 9.65. The second-order valence-corrected chi connectivity index (χ2v) is 5.91. The fraction of sp³-hybridized carbons (Fsp3) is 0.429. The third-order valence-electron chi connectivity index (χ3n) is 3.80. The molecule has 0 bridgehead atoms. The largest absolute Gasteiger partial charge is 0.494 e. The van der Waals surface area contributed by atoms with Crippen LogP contribution in [0.2, 0.25) is 0 Å². The molecule has 0 spiro atoms. The molecule has 0 radical (unpaired) electrons. The van der Waals surface area contributed by atoms with Crippen molar-refractivity contribution >= 4 is 5.96 Å². The Morgan fingerprint density at radius 3 is 2.54 bits per heavy atom. The molecule has 0 aliphatic carbocycles. The van der Waals surface area contributed by atoms with E-state index < -0.39 is 0 Å². The fourth-order valence-corrected chi connectivity index (χ4v) is 2.44. The van der Waals surface area contributed by atoms with Crippen LogP contribution in [0.15, 0.2) is 47.6 Å². The van der Waals surface area contributed by atoms with E-state index in [9.17, 15) is 0 Å². The molecule has 0 saturated carbocycles. The van der Waals surface area contributed by atoms with Crippen LogP contribution in [0.25, 0.3) is 0 Å². The standard InChI is InChI=1S/C21H30N4O3/c1-4-26-14-6-12-24-21(22-3)25-16-17-11-13-23-20(15-17)28-19-9-7-18(8-10-19)27-5-2/h7-11,13,15H,4-6,12,14,16H2,1-3H3,(H2,22,24,25). The van der Waals surface area contributed by atoms with Crippen molar-refractivity contribution in [2.24, 2.45) is 4.99 Å². The summed E-state index contributed by atoms with van der Waals surface area (Å²) in [4.78, 5) is 8.51. The van der Waals surface area contributed by atoms with Crippen LogP contribution < -0.4 is 20.1 Å². The van der Waals surface area contributed by atoms with Crippen molar-refractivity contribution in [2.75, 3.05) is 33.4 Å². The molecular weight excluding hydrogens is 356 g/mol. The molecule has 28 heavy (non-hydrogen) atoms. The molecule has 2 rings (SSSR count). The Hall–Kier alpha value is -2.80. The van der Waals surface area contributed by atoms with Gasteiger partial charge >= 0.3 is 0 Å². The molecule has 0 fully saturated rings. The smallest absolute Gasteiger partial charge is 0.219 e. The summed E-state index contributed by atoms with van der Waals surface area (Å²) in [6, 6.07) is 11.3. The highest BCUT2D eigenvalue weighted by Crippen LogP contribution is 2.23. The van der Waals surface area contributed by atoms with Gasteiger partial charge in [0.25, 0.3) is 0 Å². The van der Waals surface area contributed by atoms with Gasteiger partial charge in [-0.15, -0.1) is 0 Å². The number of pyridine rings is 1. The maximum Gasteiger partial charge on any atom is 0.219 e. The highest BCUT2D eigenvalue weighted by Gasteiger charge is 2.03. The summed E-state index contributed by atoms with van der Waals surface area (Å²) in [6.07, 6.45) is 2.67. The highest BCUT2D eigenvalue weighted by atomic mass is 16.5. The van der Waals surface area contributed by atoms with Crippen molar-refractivity contribution < 1.29 is 14.2 Å². The lowest BCUT2D eigenvalue weighted by Gasteiger charge is -2.12. The first-order valence-corrected chi connectivity index (χ1v) is 9.63. The predicted molar refractivity (Wildman–Crippen MR) is 111 cm³/mol. The average Bonchev–Trinajstić information content (AvgIpc) is 2.72. The number of rotatable bonds is 11. The van der Waals surface area contributed by atoms with Crippen LogP contribution in [0.3, 0.4) is 0 Å². The van der Waals surface area contributed by atoms with Crippen LogP contribution in [0.5, 0.6) is 17.4 Å². The van der Waals surface area contributed by atoms with E-state index in [0.29, 0.717) is 24.8 Å². The monoisotopic (exact) mass is 386 g/mol. The van der Waals surface area contributed by atoms with Gasteiger partial charge in [-0.05, 0) is 56.2 Å². The average molecular weight is 386 g/mol. The van der Waals surface area contributed by atoms with E-state index in [1.807, 2.05) is 50.2 Å². The van der Waals surface area contributed by atoms with Gasteiger partial charge in [-0.3, -0.25) is 4.99 Å². The van der Waals surface area contributed by atoms with Crippen LogP contribution in [-0.4, -0.2) is 44.4 Å². The van der Waals surface area contributed by atoms with E-state index in [4.69, 9.17) is 14.2 Å². The van der Waals surface area contributed by atoms with Gasteiger partial charge in [0.05, 0.1) is 6.61 Å². The first kappa shape index (κ1) is 21.5. The van der Waals surface area contributed by atoms with Gasteiger partial charge in [-0.2, -0.15) is 0 Å². The van der Waals surface area contributed by atoms with E-state index in [1.54, 1.807) is 13.2 Å². The summed E-state index contributed by atoms with van der Waals surface area (Å²) in [5.41, 5.74) is 1.05. The Labute approximate surface area is 167 Å². The molecule has 2 aromatic rings. The summed E-state index contributed by atoms with van der Waals surface area (Å²) in [6.45, 7) is 7.51. The molecule has 7 heteroatoms. The van der Waals surface area contributed by atoms with Gasteiger partial charge in [-0.25, -0.2) is 4.98 Å². The Bertz CT molecular complexity index is 720. The van der Waals surface area contributed by atoms with Gasteiger partial charge in [0.15, 0.2) is 5.96 Å². The van der Waals surface area contributed by atoms with Crippen molar-refractivity contribution in [1.29, 1.82) is 0 Å². The summed E-state index contributed by atoms with van der Waals surface area (Å²) in [5, 5.41) is 6.56. The molecule has 7 nitrogen and oxygen atoms in total. The van der Waals surface area contributed by atoms with Crippen molar-refractivity contribution in [1.82, 2.24) is 15.6 Å². The number of aliphatic imine (C=N–C) groups is 1. The first-order chi connectivity index (χ1) is 13.7. The summed E-state index contributed by atoms with van der Waals surface area (Å²) in [5.74, 6) is 2.83. The highest BCUT2D eigenvalue weighted by molar-refractivity contribution is 5.79. The number of hydrogen-bond donors (Lipinski definition) is 2. The maximum atomic E-state index is 5.83. The SMILES string of the molecule is CCOCCCNC(=NC)NCc1ccnc(Oc2ccc(OCC)cc2)c1. The maximum absolute atomic E-state index is 5.83. The Morgan fingerprint density at radius 2 is 1.82 bits per heavy atom. The van der Waals surface area contributed by atoms with Crippen molar-refractivity contribution in [3.05, 3.63) is 48.2 Å². The normalized spacial score (nSPS) is 11.2. The number of ether oxygens (including phenoxy) is 3. The minimum Gasteiger partial charge on any atom is -0.494 e. The lowest BCUT2D eigenvalue weighted by Crippen LogP contribution is -2.37. The van der Waals surface area contributed by atoms with Gasteiger partial charge in [0.2, 0.25) is 5.88 Å². The molecule has 1 heterocycles. The molecule has 0 unspecified atom stereocenters. The molecule has 152 valence electrons. The minimum atomic E-state index is 0.545. The van der Waals surface area contributed by atoms with Crippen LogP contribution in [0, 0.1) is 0 Å². The lowest BCUT2D eigenvalue weighted by molar-refractivity contribution is 0.145. The number of guanidine groups is 1. The summed E-state index contributed by atoms with van der Waals surface area (Å²) in [7, 11) is 1.75. The van der Waals surface area contributed by atoms with Crippen molar-refractivity contribution in [3.63, 3.8) is 0 Å². The van der Waals surface area contributed by atoms with Crippen LogP contribution >= 0.6 is 0 Å². The quantitative estimate of drug-likeness (QED) is 0.350. The second kappa shape index (κ2) is 12.6. The molecule has 0 aliphatic rings. The molecule has 1 aromatic carbocycles. The van der Waals surface area contributed by atoms with Crippen LogP contribution in [0.4, 0.5) is 0 Å². The third-order valence-corrected chi connectivity index (χ3v) is 3.80. The fourth-order valence-electron chi connectivity index (χ4n) is 2.44. The van der Waals surface area contributed by atoms with Gasteiger partial charge < -0.3 is 24.8 Å². The molecule has 0 aliphatic heterocycles. The van der Waals surface area contributed by atoms with E-state index >= 15 is 0 Å². The van der Waals surface area contributed by atoms with E-state index in [-0.39, 0.29) is 0 Å². The molecule has 1 aromatic heterocycles. The number of nitrogens with one attached hydrogen (secondary N) is 2. The molecule has 2 N–H and O–H groups in total. The number of hydrogen-bond acceptors (Lipinski definition) is 5. The third kappa shape index (κ3) is 7.84. The zero-order valence-electron chi connectivity index (χ0n) is 16.9. The number of benzene rings is 1. The van der Waals surface area contributed by atoms with Crippen molar-refractivity contribution in [3.8, 4) is 17.4 Å². The summed E-state index contributed by atoms with van der Waals surface area (Å²) >= 11 is 0. The van der Waals surface area contributed by atoms with Gasteiger partial charge in [0, 0.05) is 45.6 Å². The predicted octanol–water partition coefficient (Wildman–Crippen LogP) is 3.36. The van der Waals surface area contributed by atoms with Crippen LogP contribution in [0.1, 0.15) is 25.8 Å². The van der Waals surface area contributed by atoms with E-state index in [1.165, 1.54) is 0 Å². The molecule has 0 saturated heterocycles. The minimum absolute atomic E-state index is 0.545. The second-order valence-electron chi connectivity index (χ2n) is 5.91. The van der Waals surface area contributed by atoms with Crippen molar-refractivity contribution in [2.45, 2.75) is 26.8 Å². The Balaban J connectivity index is 1.83. The van der Waals surface area contributed by atoms with Gasteiger partial charge in [-0.1, -0.05) is 0 Å². The van der Waals surface area contributed by atoms with Crippen LogP contribution in [-0.2, 0) is 11.3 Å². The number of nitrogens with zero attached hydrogens (tertiary/aromatic N) is 2. The molecular formula is C21H30N4O3. The number of aromatic nitrogens is 1. The molecule has 0 atom stereocenters. The van der Waals surface area contributed by atoms with Gasteiger partial charge in [0.1, 0.15) is 11.5 Å². The van der Waals surface area contributed by atoms with E-state index in [2.05, 4.69) is 20.6 Å². The Morgan fingerprint density at radius 1 is 1.04 bits per heavy atom. The molecule has 0 amide bonds. The first-order valence-electron chi connectivity index (χ1n) is 9.63. The van der Waals surface area contributed by atoms with E-state index in [0.717, 1.165) is 43.5 Å². The lowest BCUT2D eigenvalue weighted by atomic mass is 10.2. The zero-order chi connectivity index (χ0) is 20.0. The summed E-state index contributed by atoms with van der Waals surface area (Å²) < 4.78 is 16.6. The zero-order valence-corrected chi connectivity index (χ0v) is 16.9.